The minimum absolute atomic E-state index is 0.597. The van der Waals surface area contributed by atoms with Gasteiger partial charge in [0.1, 0.15) is 6.10 Å². The van der Waals surface area contributed by atoms with E-state index in [1.807, 2.05) is 68.4 Å². The number of aliphatic hydroxyl groups is 1. The van der Waals surface area contributed by atoms with E-state index < -0.39 is 6.10 Å². The van der Waals surface area contributed by atoms with Gasteiger partial charge in [-0.2, -0.15) is 0 Å². The number of aromatic nitrogens is 1. The SMILES string of the molecule is Cc1cccc(C(O)c2ccc3nc(C)ccc3c2)c1. The Bertz CT molecular complexity index is 764. The third-order valence-corrected chi connectivity index (χ3v) is 3.53. The van der Waals surface area contributed by atoms with Crippen LogP contribution in [-0.4, -0.2) is 10.1 Å². The molecule has 0 radical (unpaired) electrons. The molecule has 0 aliphatic carbocycles. The van der Waals surface area contributed by atoms with E-state index in [4.69, 9.17) is 0 Å². The van der Waals surface area contributed by atoms with Gasteiger partial charge in [-0.15, -0.1) is 0 Å². The zero-order chi connectivity index (χ0) is 14.1. The van der Waals surface area contributed by atoms with E-state index in [9.17, 15) is 5.11 Å². The molecule has 2 nitrogen and oxygen atoms in total. The standard InChI is InChI=1S/C18H17NO/c1-12-4-3-5-15(10-12)18(20)16-8-9-17-14(11-16)7-6-13(2)19-17/h3-11,18,20H,1-2H3. The molecular formula is C18H17NO. The van der Waals surface area contributed by atoms with Crippen molar-refractivity contribution in [3.63, 3.8) is 0 Å². The Morgan fingerprint density at radius 2 is 1.70 bits per heavy atom. The predicted octanol–water partition coefficient (Wildman–Crippen LogP) is 3.93. The summed E-state index contributed by atoms with van der Waals surface area (Å²) in [5, 5.41) is 11.6. The molecule has 1 heterocycles. The number of hydrogen-bond donors (Lipinski definition) is 1. The average molecular weight is 263 g/mol. The Morgan fingerprint density at radius 1 is 0.900 bits per heavy atom. The van der Waals surface area contributed by atoms with E-state index in [2.05, 4.69) is 4.98 Å². The van der Waals surface area contributed by atoms with Gasteiger partial charge in [-0.1, -0.05) is 42.0 Å². The maximum absolute atomic E-state index is 10.5. The fourth-order valence-corrected chi connectivity index (χ4v) is 2.45. The van der Waals surface area contributed by atoms with Crippen LogP contribution in [0.2, 0.25) is 0 Å². The first-order valence-electron chi connectivity index (χ1n) is 6.75. The zero-order valence-corrected chi connectivity index (χ0v) is 11.7. The van der Waals surface area contributed by atoms with Crippen LogP contribution in [0.1, 0.15) is 28.5 Å². The fourth-order valence-electron chi connectivity index (χ4n) is 2.45. The number of pyridine rings is 1. The molecule has 1 aromatic heterocycles. The molecule has 1 atom stereocenters. The van der Waals surface area contributed by atoms with E-state index in [1.54, 1.807) is 0 Å². The number of benzene rings is 2. The molecule has 1 N–H and O–H groups in total. The zero-order valence-electron chi connectivity index (χ0n) is 11.7. The summed E-state index contributed by atoms with van der Waals surface area (Å²) in [5.74, 6) is 0. The molecule has 0 aliphatic rings. The van der Waals surface area contributed by atoms with E-state index in [1.165, 1.54) is 0 Å². The van der Waals surface area contributed by atoms with Crippen LogP contribution in [0, 0.1) is 13.8 Å². The number of fused-ring (bicyclic) bond motifs is 1. The summed E-state index contributed by atoms with van der Waals surface area (Å²) in [7, 11) is 0. The lowest BCUT2D eigenvalue weighted by molar-refractivity contribution is 0.220. The van der Waals surface area contributed by atoms with Crippen LogP contribution in [0.15, 0.2) is 54.6 Å². The summed E-state index contributed by atoms with van der Waals surface area (Å²) in [6, 6.07) is 17.9. The summed E-state index contributed by atoms with van der Waals surface area (Å²) >= 11 is 0. The molecule has 0 aliphatic heterocycles. The van der Waals surface area contributed by atoms with Gasteiger partial charge in [0.05, 0.1) is 5.52 Å². The van der Waals surface area contributed by atoms with Crippen molar-refractivity contribution in [2.75, 3.05) is 0 Å². The monoisotopic (exact) mass is 263 g/mol. The molecule has 100 valence electrons. The highest BCUT2D eigenvalue weighted by Gasteiger charge is 2.11. The van der Waals surface area contributed by atoms with Gasteiger partial charge in [0.2, 0.25) is 0 Å². The Morgan fingerprint density at radius 3 is 2.50 bits per heavy atom. The highest BCUT2D eigenvalue weighted by Crippen LogP contribution is 2.25. The first kappa shape index (κ1) is 12.8. The van der Waals surface area contributed by atoms with Crippen molar-refractivity contribution in [3.8, 4) is 0 Å². The first-order valence-corrected chi connectivity index (χ1v) is 6.75. The van der Waals surface area contributed by atoms with Crippen LogP contribution in [0.25, 0.3) is 10.9 Å². The van der Waals surface area contributed by atoms with Crippen LogP contribution in [0.4, 0.5) is 0 Å². The molecule has 2 heteroatoms. The van der Waals surface area contributed by atoms with Crippen LogP contribution < -0.4 is 0 Å². The van der Waals surface area contributed by atoms with Crippen molar-refractivity contribution >= 4 is 10.9 Å². The number of aliphatic hydroxyl groups excluding tert-OH is 1. The van der Waals surface area contributed by atoms with Crippen molar-refractivity contribution in [1.29, 1.82) is 0 Å². The van der Waals surface area contributed by atoms with Gasteiger partial charge in [0.25, 0.3) is 0 Å². The lowest BCUT2D eigenvalue weighted by atomic mass is 9.98. The normalized spacial score (nSPS) is 12.6. The van der Waals surface area contributed by atoms with Crippen molar-refractivity contribution in [2.24, 2.45) is 0 Å². The molecular weight excluding hydrogens is 246 g/mol. The van der Waals surface area contributed by atoms with Crippen LogP contribution >= 0.6 is 0 Å². The van der Waals surface area contributed by atoms with Crippen LogP contribution in [0.5, 0.6) is 0 Å². The third-order valence-electron chi connectivity index (χ3n) is 3.53. The van der Waals surface area contributed by atoms with Crippen molar-refractivity contribution < 1.29 is 5.11 Å². The first-order chi connectivity index (χ1) is 9.63. The summed E-state index contributed by atoms with van der Waals surface area (Å²) < 4.78 is 0. The highest BCUT2D eigenvalue weighted by atomic mass is 16.3. The molecule has 2 aromatic carbocycles. The van der Waals surface area contributed by atoms with Gasteiger partial charge in [-0.25, -0.2) is 0 Å². The van der Waals surface area contributed by atoms with E-state index in [0.717, 1.165) is 33.3 Å². The third kappa shape index (κ3) is 2.43. The number of aryl methyl sites for hydroxylation is 2. The summed E-state index contributed by atoms with van der Waals surface area (Å²) in [4.78, 5) is 4.48. The average Bonchev–Trinajstić information content (AvgIpc) is 2.46. The summed E-state index contributed by atoms with van der Waals surface area (Å²) in [6.45, 7) is 4.01. The lowest BCUT2D eigenvalue weighted by Crippen LogP contribution is -2.00. The quantitative estimate of drug-likeness (QED) is 0.760. The van der Waals surface area contributed by atoms with E-state index >= 15 is 0 Å². The molecule has 20 heavy (non-hydrogen) atoms. The van der Waals surface area contributed by atoms with Gasteiger partial charge in [-0.3, -0.25) is 4.98 Å². The summed E-state index contributed by atoms with van der Waals surface area (Å²) in [5.41, 5.74) is 4.94. The molecule has 0 spiro atoms. The largest absolute Gasteiger partial charge is 0.384 e. The summed E-state index contributed by atoms with van der Waals surface area (Å²) in [6.07, 6.45) is -0.597. The topological polar surface area (TPSA) is 33.1 Å². The number of hydrogen-bond acceptors (Lipinski definition) is 2. The molecule has 1 unspecified atom stereocenters. The molecule has 0 saturated heterocycles. The van der Waals surface area contributed by atoms with Crippen molar-refractivity contribution in [3.05, 3.63) is 77.0 Å². The maximum Gasteiger partial charge on any atom is 0.104 e. The Hall–Kier alpha value is -2.19. The Kier molecular flexibility index (Phi) is 3.25. The fraction of sp³-hybridized carbons (Fsp3) is 0.167. The van der Waals surface area contributed by atoms with Gasteiger partial charge in [0, 0.05) is 11.1 Å². The number of nitrogens with zero attached hydrogens (tertiary/aromatic N) is 1. The second-order valence-electron chi connectivity index (χ2n) is 5.22. The smallest absolute Gasteiger partial charge is 0.104 e. The van der Waals surface area contributed by atoms with Crippen LogP contribution in [0.3, 0.4) is 0 Å². The molecule has 0 fully saturated rings. The predicted molar refractivity (Wildman–Crippen MR) is 81.7 cm³/mol. The Labute approximate surface area is 118 Å². The van der Waals surface area contributed by atoms with Gasteiger partial charge in [-0.05, 0) is 43.2 Å². The van der Waals surface area contributed by atoms with Crippen molar-refractivity contribution in [2.45, 2.75) is 20.0 Å². The molecule has 0 saturated carbocycles. The van der Waals surface area contributed by atoms with E-state index in [0.29, 0.717) is 0 Å². The lowest BCUT2D eigenvalue weighted by Gasteiger charge is -2.13. The van der Waals surface area contributed by atoms with Crippen LogP contribution in [-0.2, 0) is 0 Å². The Balaban J connectivity index is 2.03. The van der Waals surface area contributed by atoms with Gasteiger partial charge < -0.3 is 5.11 Å². The molecule has 0 amide bonds. The second kappa shape index (κ2) is 5.06. The maximum atomic E-state index is 10.5. The minimum Gasteiger partial charge on any atom is -0.384 e. The van der Waals surface area contributed by atoms with Crippen molar-refractivity contribution in [1.82, 2.24) is 4.98 Å². The van der Waals surface area contributed by atoms with Gasteiger partial charge in [0.15, 0.2) is 0 Å². The molecule has 0 bridgehead atoms. The number of rotatable bonds is 2. The molecule has 3 aromatic rings. The van der Waals surface area contributed by atoms with Gasteiger partial charge >= 0.3 is 0 Å². The van der Waals surface area contributed by atoms with E-state index in [-0.39, 0.29) is 0 Å². The molecule has 3 rings (SSSR count). The minimum atomic E-state index is -0.597. The highest BCUT2D eigenvalue weighted by molar-refractivity contribution is 5.79. The second-order valence-corrected chi connectivity index (χ2v) is 5.22.